The number of aromatic nitrogens is 3. The number of halogens is 3. The van der Waals surface area contributed by atoms with Crippen molar-refractivity contribution in [2.75, 3.05) is 18.9 Å². The molecule has 2 aromatic heterocycles. The molecule has 4 heterocycles. The van der Waals surface area contributed by atoms with Gasteiger partial charge in [-0.15, -0.1) is 0 Å². The van der Waals surface area contributed by atoms with Gasteiger partial charge in [0.2, 0.25) is 0 Å². The van der Waals surface area contributed by atoms with E-state index >= 15 is 0 Å². The highest BCUT2D eigenvalue weighted by Crippen LogP contribution is 2.58. The number of nitrogens with zero attached hydrogens (tertiary/aromatic N) is 3. The summed E-state index contributed by atoms with van der Waals surface area (Å²) < 4.78 is 76.7. The van der Waals surface area contributed by atoms with Crippen LogP contribution in [-0.4, -0.2) is 55.8 Å². The molecule has 2 aliphatic rings. The van der Waals surface area contributed by atoms with Gasteiger partial charge < -0.3 is 25.3 Å². The lowest BCUT2D eigenvalue weighted by Crippen LogP contribution is -2.44. The Morgan fingerprint density at radius 3 is 2.81 bits per heavy atom. The molecule has 2 saturated heterocycles. The van der Waals surface area contributed by atoms with Crippen LogP contribution >= 0.6 is 7.82 Å². The van der Waals surface area contributed by atoms with Gasteiger partial charge in [0.1, 0.15) is 35.6 Å². The Balaban J connectivity index is 1.32. The molecule has 0 amide bonds. The van der Waals surface area contributed by atoms with Gasteiger partial charge in [-0.05, 0) is 24.6 Å². The number of nitrogens with two attached hydrogens (primary N) is 1. The molecule has 6 atom stereocenters. The minimum absolute atomic E-state index is 0.0193. The second-order valence-corrected chi connectivity index (χ2v) is 10.6. The van der Waals surface area contributed by atoms with Gasteiger partial charge in [0.05, 0.1) is 30.3 Å². The first-order valence-corrected chi connectivity index (χ1v) is 12.7. The highest BCUT2D eigenvalue weighted by atomic mass is 31.2. The Kier molecular flexibility index (Phi) is 6.55. The van der Waals surface area contributed by atoms with Gasteiger partial charge in [0.15, 0.2) is 6.23 Å². The maximum atomic E-state index is 13.5. The second kappa shape index (κ2) is 9.31. The number of anilines is 1. The van der Waals surface area contributed by atoms with Crippen LogP contribution in [0.15, 0.2) is 42.9 Å². The number of ether oxygens (including phenoxy) is 1. The van der Waals surface area contributed by atoms with Gasteiger partial charge in [-0.1, -0.05) is 18.2 Å². The number of rotatable bonds is 5. The van der Waals surface area contributed by atoms with Crippen LogP contribution in [0.5, 0.6) is 0 Å². The average molecular weight is 544 g/mol. The molecule has 0 saturated carbocycles. The van der Waals surface area contributed by atoms with Crippen molar-refractivity contribution in [3.63, 3.8) is 0 Å². The Labute approximate surface area is 208 Å². The fourth-order valence-corrected chi connectivity index (χ4v) is 5.93. The van der Waals surface area contributed by atoms with E-state index in [1.54, 1.807) is 12.3 Å². The van der Waals surface area contributed by atoms with E-state index < -0.39 is 56.3 Å². The molecule has 15 heteroatoms. The molecule has 200 valence electrons. The van der Waals surface area contributed by atoms with Crippen LogP contribution in [0.4, 0.5) is 19.0 Å². The lowest BCUT2D eigenvalue weighted by Gasteiger charge is -2.31. The molecule has 2 aliphatic heterocycles. The first-order chi connectivity index (χ1) is 17.4. The van der Waals surface area contributed by atoms with Crippen molar-refractivity contribution in [2.24, 2.45) is 0 Å². The molecule has 1 unspecified atom stereocenters. The van der Waals surface area contributed by atoms with Crippen molar-refractivity contribution in [2.45, 2.75) is 49.7 Å². The number of hydrogen-bond acceptors (Lipinski definition) is 10. The largest absolute Gasteiger partial charge is 0.475 e. The van der Waals surface area contributed by atoms with E-state index in [2.05, 4.69) is 9.97 Å². The van der Waals surface area contributed by atoms with Crippen molar-refractivity contribution in [3.8, 4) is 0 Å². The Morgan fingerprint density at radius 2 is 2.05 bits per heavy atom. The number of fused-ring (bicyclic) bond motifs is 1. The number of alkyl halides is 3. The lowest BCUT2D eigenvalue weighted by atomic mass is 9.96. The zero-order chi connectivity index (χ0) is 26.6. The van der Waals surface area contributed by atoms with Crippen LogP contribution in [0, 0.1) is 0 Å². The van der Waals surface area contributed by atoms with E-state index in [0.717, 1.165) is 6.07 Å². The monoisotopic (exact) mass is 544 g/mol. The molecule has 4 N–H and O–H groups in total. The Hall–Kier alpha value is -2.58. The van der Waals surface area contributed by atoms with Crippen LogP contribution in [0.25, 0.3) is 11.0 Å². The Morgan fingerprint density at radius 1 is 1.30 bits per heavy atom. The van der Waals surface area contributed by atoms with Crippen molar-refractivity contribution in [1.82, 2.24) is 14.5 Å². The standard InChI is InChI=1S/C22H24F3N4O7P/c1-21(31)17(30)16(35-20(21)29-8-6-13-18(26)27-11-28-19(13)29)10-34-37(32)33-9-7-15(36-37)12-4-2-3-5-14(12)22(23,24)25/h2-6,8,11,15-17,20,30-31H,7,9-10H2,1H3,(H2,26,27,28)/t15-,16?,17-,20-,21-,37+/m1/s1. The van der Waals surface area contributed by atoms with Crippen LogP contribution in [0.2, 0.25) is 0 Å². The smallest absolute Gasteiger partial charge is 0.387 e. The quantitative estimate of drug-likeness (QED) is 0.408. The minimum Gasteiger partial charge on any atom is -0.387 e. The third-order valence-corrected chi connectivity index (χ3v) is 7.92. The number of benzene rings is 1. The van der Waals surface area contributed by atoms with Crippen LogP contribution < -0.4 is 5.73 Å². The number of aliphatic hydroxyl groups is 2. The summed E-state index contributed by atoms with van der Waals surface area (Å²) in [5.41, 5.74) is 3.27. The maximum absolute atomic E-state index is 13.5. The predicted octanol–water partition coefficient (Wildman–Crippen LogP) is 3.34. The molecule has 1 aromatic carbocycles. The number of aliphatic hydroxyl groups excluding tert-OH is 1. The Bertz CT molecular complexity index is 1350. The van der Waals surface area contributed by atoms with Crippen LogP contribution in [0.1, 0.15) is 36.8 Å². The van der Waals surface area contributed by atoms with Crippen molar-refractivity contribution in [3.05, 3.63) is 54.0 Å². The van der Waals surface area contributed by atoms with E-state index in [0.29, 0.717) is 11.0 Å². The van der Waals surface area contributed by atoms with E-state index in [1.807, 2.05) is 0 Å². The first-order valence-electron chi connectivity index (χ1n) is 11.3. The fourth-order valence-electron chi connectivity index (χ4n) is 4.55. The van der Waals surface area contributed by atoms with Gasteiger partial charge in [0, 0.05) is 12.6 Å². The third kappa shape index (κ3) is 4.74. The van der Waals surface area contributed by atoms with Gasteiger partial charge in [-0.3, -0.25) is 13.6 Å². The molecule has 3 aromatic rings. The molecule has 0 radical (unpaired) electrons. The van der Waals surface area contributed by atoms with E-state index in [9.17, 15) is 27.9 Å². The highest BCUT2D eigenvalue weighted by molar-refractivity contribution is 7.48. The lowest BCUT2D eigenvalue weighted by molar-refractivity contribution is -0.139. The molecule has 11 nitrogen and oxygen atoms in total. The highest BCUT2D eigenvalue weighted by Gasteiger charge is 2.54. The zero-order valence-corrected chi connectivity index (χ0v) is 20.3. The average Bonchev–Trinajstić information content (AvgIpc) is 3.37. The molecule has 5 rings (SSSR count). The molecular formula is C22H24F3N4O7P. The third-order valence-electron chi connectivity index (χ3n) is 6.44. The summed E-state index contributed by atoms with van der Waals surface area (Å²) >= 11 is 0. The number of nitrogen functional groups attached to an aromatic ring is 1. The molecule has 0 aliphatic carbocycles. The van der Waals surface area contributed by atoms with E-state index in [-0.39, 0.29) is 24.4 Å². The fraction of sp³-hybridized carbons (Fsp3) is 0.455. The van der Waals surface area contributed by atoms with Gasteiger partial charge in [-0.25, -0.2) is 14.5 Å². The first kappa shape index (κ1) is 26.0. The van der Waals surface area contributed by atoms with Gasteiger partial charge >= 0.3 is 14.0 Å². The summed E-state index contributed by atoms with van der Waals surface area (Å²) in [7, 11) is -4.34. The summed E-state index contributed by atoms with van der Waals surface area (Å²) in [5, 5.41) is 22.3. The topological polar surface area (TPSA) is 151 Å². The van der Waals surface area contributed by atoms with E-state index in [4.69, 9.17) is 24.0 Å². The summed E-state index contributed by atoms with van der Waals surface area (Å²) in [4.78, 5) is 8.07. The second-order valence-electron chi connectivity index (χ2n) is 8.96. The van der Waals surface area contributed by atoms with E-state index in [1.165, 1.54) is 36.0 Å². The molecule has 0 bridgehead atoms. The van der Waals surface area contributed by atoms with Crippen molar-refractivity contribution in [1.29, 1.82) is 0 Å². The van der Waals surface area contributed by atoms with Crippen molar-refractivity contribution >= 4 is 24.7 Å². The van der Waals surface area contributed by atoms with Crippen LogP contribution in [-0.2, 0) is 29.0 Å². The summed E-state index contributed by atoms with van der Waals surface area (Å²) in [6, 6.07) is 6.45. The number of hydrogen-bond donors (Lipinski definition) is 3. The zero-order valence-electron chi connectivity index (χ0n) is 19.4. The van der Waals surface area contributed by atoms with Crippen molar-refractivity contribution < 1.29 is 46.3 Å². The molecule has 2 fully saturated rings. The van der Waals surface area contributed by atoms with Crippen LogP contribution in [0.3, 0.4) is 0 Å². The molecular weight excluding hydrogens is 520 g/mol. The summed E-state index contributed by atoms with van der Waals surface area (Å²) in [6.45, 7) is 0.618. The van der Waals surface area contributed by atoms with Gasteiger partial charge in [-0.2, -0.15) is 13.2 Å². The molecule has 37 heavy (non-hydrogen) atoms. The predicted molar refractivity (Wildman–Crippen MR) is 122 cm³/mol. The summed E-state index contributed by atoms with van der Waals surface area (Å²) in [5.74, 6) is 0.216. The number of phosphoric ester groups is 1. The minimum atomic E-state index is -4.64. The number of phosphoric acid groups is 1. The normalized spacial score (nSPS) is 32.7. The summed E-state index contributed by atoms with van der Waals surface area (Å²) in [6.07, 6.45) is -6.85. The maximum Gasteiger partial charge on any atom is 0.475 e. The molecule has 0 spiro atoms. The van der Waals surface area contributed by atoms with Gasteiger partial charge in [0.25, 0.3) is 0 Å². The SMILES string of the molecule is C[C@@]1(O)[C@H](O)C(CO[P@]2(=O)OCC[C@H](c3ccccc3C(F)(F)F)O2)O[C@H]1n1ccc2c(N)ncnc21.